The molecule has 3 fully saturated rings. The summed E-state index contributed by atoms with van der Waals surface area (Å²) in [6, 6.07) is 5.91. The number of likely N-dealkylation sites (N-methyl/N-ethyl adjacent to an activating group) is 1. The van der Waals surface area contributed by atoms with Crippen LogP contribution in [-0.4, -0.2) is 79.6 Å². The van der Waals surface area contributed by atoms with Crippen molar-refractivity contribution < 1.29 is 14.3 Å². The fourth-order valence-corrected chi connectivity index (χ4v) is 6.23. The van der Waals surface area contributed by atoms with Crippen molar-refractivity contribution in [3.8, 4) is 5.75 Å². The summed E-state index contributed by atoms with van der Waals surface area (Å²) in [5, 5.41) is 6.41. The number of nitrogens with one attached hydrogen (secondary N) is 2. The quantitative estimate of drug-likeness (QED) is 0.600. The molecule has 0 radical (unpaired) electrons. The highest BCUT2D eigenvalue weighted by Gasteiger charge is 2.55. The number of carbonyl (C=O) groups is 2. The van der Waals surface area contributed by atoms with Gasteiger partial charge in [-0.3, -0.25) is 9.59 Å². The van der Waals surface area contributed by atoms with Crippen LogP contribution in [0.4, 0.5) is 23.1 Å². The molecule has 1 aromatic heterocycles. The number of ether oxygens (including phenoxy) is 1. The molecule has 6 rings (SSSR count). The van der Waals surface area contributed by atoms with Gasteiger partial charge in [0.15, 0.2) is 5.82 Å². The Hall–Kier alpha value is -3.40. The number of carbonyl (C=O) groups excluding carboxylic acids is 2. The van der Waals surface area contributed by atoms with Crippen molar-refractivity contribution >= 4 is 35.0 Å². The van der Waals surface area contributed by atoms with E-state index < -0.39 is 0 Å². The van der Waals surface area contributed by atoms with E-state index in [1.54, 1.807) is 30.3 Å². The Balaban J connectivity index is 1.26. The van der Waals surface area contributed by atoms with Crippen molar-refractivity contribution in [1.29, 1.82) is 0 Å². The zero-order valence-electron chi connectivity index (χ0n) is 22.5. The number of rotatable bonds is 6. The molecule has 10 nitrogen and oxygen atoms in total. The number of nitrogens with zero attached hydrogens (tertiary/aromatic N) is 5. The third-order valence-corrected chi connectivity index (χ3v) is 8.67. The van der Waals surface area contributed by atoms with Gasteiger partial charge in [0, 0.05) is 37.8 Å². The van der Waals surface area contributed by atoms with Gasteiger partial charge in [0.05, 0.1) is 24.4 Å². The third-order valence-electron chi connectivity index (χ3n) is 8.67. The minimum Gasteiger partial charge on any atom is -0.495 e. The largest absolute Gasteiger partial charge is 0.495 e. The van der Waals surface area contributed by atoms with Crippen molar-refractivity contribution in [2.45, 2.75) is 57.0 Å². The normalized spacial score (nSPS) is 22.9. The average Bonchev–Trinajstić information content (AvgIpc) is 3.30. The maximum Gasteiger partial charge on any atom is 0.251 e. The highest BCUT2D eigenvalue weighted by atomic mass is 16.5. The second-order valence-corrected chi connectivity index (χ2v) is 11.4. The lowest BCUT2D eigenvalue weighted by Gasteiger charge is -2.31. The lowest BCUT2D eigenvalue weighted by atomic mass is 10.0. The minimum atomic E-state index is -0.292. The summed E-state index contributed by atoms with van der Waals surface area (Å²) >= 11 is 0. The van der Waals surface area contributed by atoms with Crippen LogP contribution in [-0.2, 0) is 4.79 Å². The fraction of sp³-hybridized carbons (Fsp3) is 0.571. The fourth-order valence-electron chi connectivity index (χ4n) is 6.23. The number of hydrogen-bond donors (Lipinski definition) is 2. The van der Waals surface area contributed by atoms with E-state index in [1.165, 1.54) is 12.8 Å². The first-order chi connectivity index (χ1) is 18.4. The molecule has 38 heavy (non-hydrogen) atoms. The predicted molar refractivity (Wildman–Crippen MR) is 146 cm³/mol. The molecule has 2 amide bonds. The third kappa shape index (κ3) is 4.55. The number of amides is 2. The highest BCUT2D eigenvalue weighted by Crippen LogP contribution is 2.52. The number of benzene rings is 1. The van der Waals surface area contributed by atoms with Crippen LogP contribution in [0.25, 0.3) is 0 Å². The number of anilines is 4. The van der Waals surface area contributed by atoms with Gasteiger partial charge in [0.25, 0.3) is 5.91 Å². The van der Waals surface area contributed by atoms with Crippen LogP contribution in [0.3, 0.4) is 0 Å². The second-order valence-electron chi connectivity index (χ2n) is 11.4. The molecule has 202 valence electrons. The van der Waals surface area contributed by atoms with Crippen molar-refractivity contribution in [2.75, 3.05) is 56.0 Å². The Bertz CT molecular complexity index is 1240. The van der Waals surface area contributed by atoms with E-state index in [0.29, 0.717) is 35.5 Å². The summed E-state index contributed by atoms with van der Waals surface area (Å²) in [4.78, 5) is 42.0. The van der Waals surface area contributed by atoms with Gasteiger partial charge in [0.1, 0.15) is 11.4 Å². The van der Waals surface area contributed by atoms with Gasteiger partial charge in [-0.05, 0) is 63.9 Å². The molecule has 4 aliphatic rings. The summed E-state index contributed by atoms with van der Waals surface area (Å²) in [5.74, 6) is 1.85. The molecule has 1 aromatic carbocycles. The van der Waals surface area contributed by atoms with Crippen molar-refractivity contribution in [3.63, 3.8) is 0 Å². The molecule has 3 heterocycles. The lowest BCUT2D eigenvalue weighted by molar-refractivity contribution is -0.122. The Labute approximate surface area is 223 Å². The Morgan fingerprint density at radius 2 is 1.95 bits per heavy atom. The maximum atomic E-state index is 13.3. The number of hydrogen-bond acceptors (Lipinski definition) is 8. The van der Waals surface area contributed by atoms with Crippen LogP contribution < -0.4 is 25.2 Å². The SMILES string of the molecule is COc1cc(C(=O)N[C@H]2CCN(C)C2)ccc1Nc1ncc2c(n1)N(C1CCCC1)CC1(CC1)C(=O)N2C. The van der Waals surface area contributed by atoms with Crippen molar-refractivity contribution in [2.24, 2.45) is 5.41 Å². The maximum absolute atomic E-state index is 13.3. The van der Waals surface area contributed by atoms with Crippen LogP contribution in [0.1, 0.15) is 55.3 Å². The van der Waals surface area contributed by atoms with Crippen LogP contribution >= 0.6 is 0 Å². The van der Waals surface area contributed by atoms with Crippen LogP contribution in [0.15, 0.2) is 24.4 Å². The Morgan fingerprint density at radius 3 is 2.63 bits per heavy atom. The van der Waals surface area contributed by atoms with Crippen molar-refractivity contribution in [3.05, 3.63) is 30.0 Å². The van der Waals surface area contributed by atoms with Crippen LogP contribution in [0, 0.1) is 5.41 Å². The molecule has 2 aliphatic heterocycles. The molecule has 0 unspecified atom stereocenters. The van der Waals surface area contributed by atoms with Gasteiger partial charge >= 0.3 is 0 Å². The zero-order chi connectivity index (χ0) is 26.4. The van der Waals surface area contributed by atoms with E-state index in [9.17, 15) is 9.59 Å². The predicted octanol–water partition coefficient (Wildman–Crippen LogP) is 3.17. The topological polar surface area (TPSA) is 103 Å². The number of fused-ring (bicyclic) bond motifs is 1. The van der Waals surface area contributed by atoms with E-state index in [-0.39, 0.29) is 23.3 Å². The number of aromatic nitrogens is 2. The number of methoxy groups -OCH3 is 1. The van der Waals surface area contributed by atoms with Gasteiger partial charge in [0.2, 0.25) is 11.9 Å². The highest BCUT2D eigenvalue weighted by molar-refractivity contribution is 6.03. The first-order valence-electron chi connectivity index (χ1n) is 13.7. The minimum absolute atomic E-state index is 0.106. The summed E-state index contributed by atoms with van der Waals surface area (Å²) in [6.45, 7) is 2.56. The molecular weight excluding hydrogens is 482 g/mol. The first kappa shape index (κ1) is 24.9. The molecule has 2 aliphatic carbocycles. The molecule has 2 aromatic rings. The van der Waals surface area contributed by atoms with E-state index in [4.69, 9.17) is 9.72 Å². The summed E-state index contributed by atoms with van der Waals surface area (Å²) < 4.78 is 5.63. The van der Waals surface area contributed by atoms with E-state index >= 15 is 0 Å². The van der Waals surface area contributed by atoms with E-state index in [1.807, 2.05) is 13.1 Å². The van der Waals surface area contributed by atoms with Crippen molar-refractivity contribution in [1.82, 2.24) is 20.2 Å². The zero-order valence-corrected chi connectivity index (χ0v) is 22.5. The standard InChI is InChI=1S/C28H37N7O3/c1-33-13-10-19(16-33)30-25(36)18-8-9-21(23(14-18)38-3)31-27-29-15-22-24(32-27)35(20-6-4-5-7-20)17-28(11-12-28)26(37)34(22)2/h8-9,14-15,19-20H,4-7,10-13,16-17H2,1-3H3,(H,30,36)(H,29,31,32)/t19-/m0/s1. The molecule has 1 atom stereocenters. The molecule has 0 bridgehead atoms. The smallest absolute Gasteiger partial charge is 0.251 e. The van der Waals surface area contributed by atoms with Gasteiger partial charge in [-0.1, -0.05) is 12.8 Å². The summed E-state index contributed by atoms with van der Waals surface area (Å²) in [5.41, 5.74) is 1.69. The van der Waals surface area contributed by atoms with Gasteiger partial charge in [-0.15, -0.1) is 0 Å². The van der Waals surface area contributed by atoms with E-state index in [0.717, 1.165) is 56.7 Å². The van der Waals surface area contributed by atoms with Gasteiger partial charge in [-0.2, -0.15) is 4.98 Å². The monoisotopic (exact) mass is 519 g/mol. The average molecular weight is 520 g/mol. The molecule has 10 heteroatoms. The van der Waals surface area contributed by atoms with E-state index in [2.05, 4.69) is 32.5 Å². The molecule has 1 spiro atoms. The van der Waals surface area contributed by atoms with Gasteiger partial charge in [-0.25, -0.2) is 4.98 Å². The summed E-state index contributed by atoms with van der Waals surface area (Å²) in [6.07, 6.45) is 9.22. The number of likely N-dealkylation sites (tertiary alicyclic amines) is 1. The lowest BCUT2D eigenvalue weighted by Crippen LogP contribution is -2.41. The summed E-state index contributed by atoms with van der Waals surface area (Å²) in [7, 11) is 5.49. The molecule has 1 saturated heterocycles. The van der Waals surface area contributed by atoms with Gasteiger partial charge < -0.3 is 30.1 Å². The Morgan fingerprint density at radius 1 is 1.16 bits per heavy atom. The Kier molecular flexibility index (Phi) is 6.37. The molecule has 2 saturated carbocycles. The van der Waals surface area contributed by atoms with Crippen LogP contribution in [0.2, 0.25) is 0 Å². The first-order valence-corrected chi connectivity index (χ1v) is 13.7. The second kappa shape index (κ2) is 9.72. The molecule has 2 N–H and O–H groups in total. The van der Waals surface area contributed by atoms with Crippen LogP contribution in [0.5, 0.6) is 5.75 Å². The molecular formula is C28H37N7O3.